The molecule has 2 aromatic heterocycles. The fraction of sp³-hybridized carbons (Fsp3) is 0.222. The van der Waals surface area contributed by atoms with Gasteiger partial charge in [-0.1, -0.05) is 30.9 Å². The number of pyridine rings is 1. The molecule has 0 N–H and O–H groups in total. The molecule has 0 saturated heterocycles. The van der Waals surface area contributed by atoms with Crippen molar-refractivity contribution in [3.63, 3.8) is 0 Å². The lowest BCUT2D eigenvalue weighted by Crippen LogP contribution is -2.38. The summed E-state index contributed by atoms with van der Waals surface area (Å²) in [4.78, 5) is 0. The van der Waals surface area contributed by atoms with Crippen LogP contribution in [0.5, 0.6) is 0 Å². The Bertz CT molecular complexity index is 1510. The molecule has 0 spiro atoms. The summed E-state index contributed by atoms with van der Waals surface area (Å²) in [6, 6.07) is 18.2. The summed E-state index contributed by atoms with van der Waals surface area (Å²) in [5.74, 6) is -0.281. The third-order valence-electron chi connectivity index (χ3n) is 6.54. The number of rotatable bonds is 2. The van der Waals surface area contributed by atoms with Crippen LogP contribution in [0.1, 0.15) is 11.1 Å². The SMILES string of the molecule is Cc1cc2c(oc3cc(F)ccc32)c(-c2ccc3cc([Si](C)(C)C)ccc3[n+]2C)c1C. The van der Waals surface area contributed by atoms with Crippen molar-refractivity contribution >= 4 is 46.1 Å². The van der Waals surface area contributed by atoms with Crippen molar-refractivity contribution in [1.82, 2.24) is 0 Å². The molecule has 4 heteroatoms. The molecular weight excluding hydrogens is 401 g/mol. The summed E-state index contributed by atoms with van der Waals surface area (Å²) in [5.41, 5.74) is 7.14. The van der Waals surface area contributed by atoms with E-state index in [0.29, 0.717) is 5.58 Å². The van der Waals surface area contributed by atoms with Crippen molar-refractivity contribution in [3.8, 4) is 11.3 Å². The first-order chi connectivity index (χ1) is 14.6. The maximum Gasteiger partial charge on any atom is 0.216 e. The molecule has 0 saturated carbocycles. The van der Waals surface area contributed by atoms with E-state index in [1.54, 1.807) is 0 Å². The molecule has 2 nitrogen and oxygen atoms in total. The Hall–Kier alpha value is -2.98. The van der Waals surface area contributed by atoms with Gasteiger partial charge in [0.25, 0.3) is 0 Å². The number of halogens is 1. The molecule has 31 heavy (non-hydrogen) atoms. The number of nitrogens with zero attached hydrogens (tertiary/aromatic N) is 1. The first-order valence-electron chi connectivity index (χ1n) is 10.7. The van der Waals surface area contributed by atoms with E-state index in [4.69, 9.17) is 4.42 Å². The zero-order chi connectivity index (χ0) is 22.1. The van der Waals surface area contributed by atoms with E-state index in [1.165, 1.54) is 39.3 Å². The van der Waals surface area contributed by atoms with Crippen LogP contribution in [0, 0.1) is 19.7 Å². The van der Waals surface area contributed by atoms with Gasteiger partial charge in [0.2, 0.25) is 11.2 Å². The third-order valence-corrected chi connectivity index (χ3v) is 8.58. The third kappa shape index (κ3) is 3.09. The second-order valence-corrected chi connectivity index (χ2v) is 14.7. The maximum atomic E-state index is 13.8. The average Bonchev–Trinajstić information content (AvgIpc) is 3.06. The molecule has 2 heterocycles. The van der Waals surface area contributed by atoms with Crippen LogP contribution >= 0.6 is 0 Å². The summed E-state index contributed by atoms with van der Waals surface area (Å²) < 4.78 is 22.3. The molecule has 0 aliphatic carbocycles. The van der Waals surface area contributed by atoms with Crippen molar-refractivity contribution in [1.29, 1.82) is 0 Å². The van der Waals surface area contributed by atoms with Gasteiger partial charge >= 0.3 is 0 Å². The van der Waals surface area contributed by atoms with Gasteiger partial charge in [-0.3, -0.25) is 0 Å². The molecule has 0 aliphatic rings. The highest BCUT2D eigenvalue weighted by Gasteiger charge is 2.24. The van der Waals surface area contributed by atoms with Gasteiger partial charge in [-0.05, 0) is 55.3 Å². The van der Waals surface area contributed by atoms with Crippen molar-refractivity contribution < 1.29 is 13.4 Å². The van der Waals surface area contributed by atoms with Gasteiger partial charge in [0.05, 0.1) is 13.6 Å². The second kappa shape index (κ2) is 6.76. The summed E-state index contributed by atoms with van der Waals surface area (Å²) >= 11 is 0. The maximum absolute atomic E-state index is 13.8. The van der Waals surface area contributed by atoms with Gasteiger partial charge in [0, 0.05) is 34.4 Å². The Balaban J connectivity index is 1.83. The molecule has 0 unspecified atom stereocenters. The average molecular weight is 429 g/mol. The van der Waals surface area contributed by atoms with Crippen LogP contribution in [0.2, 0.25) is 19.6 Å². The fourth-order valence-corrected chi connectivity index (χ4v) is 5.71. The molecule has 0 radical (unpaired) electrons. The molecule has 0 amide bonds. The summed E-state index contributed by atoms with van der Waals surface area (Å²) in [6.07, 6.45) is 0. The van der Waals surface area contributed by atoms with Crippen molar-refractivity contribution in [2.45, 2.75) is 33.5 Å². The van der Waals surface area contributed by atoms with E-state index in [2.05, 4.69) is 81.5 Å². The molecular formula is C27H27FNOSi+. The van der Waals surface area contributed by atoms with E-state index < -0.39 is 8.07 Å². The molecule has 5 rings (SSSR count). The molecule has 156 valence electrons. The molecule has 5 aromatic rings. The van der Waals surface area contributed by atoms with Gasteiger partial charge < -0.3 is 4.42 Å². The van der Waals surface area contributed by atoms with Crippen LogP contribution in [-0.4, -0.2) is 8.07 Å². The van der Waals surface area contributed by atoms with E-state index in [0.717, 1.165) is 27.6 Å². The van der Waals surface area contributed by atoms with Gasteiger partial charge in [-0.15, -0.1) is 0 Å². The molecule has 0 aliphatic heterocycles. The van der Waals surface area contributed by atoms with E-state index >= 15 is 0 Å². The van der Waals surface area contributed by atoms with Crippen LogP contribution in [0.3, 0.4) is 0 Å². The molecule has 3 aromatic carbocycles. The second-order valence-electron chi connectivity index (χ2n) is 9.61. The number of furan rings is 1. The lowest BCUT2D eigenvalue weighted by atomic mass is 9.96. The van der Waals surface area contributed by atoms with Crippen LogP contribution < -0.4 is 9.75 Å². The van der Waals surface area contributed by atoms with Crippen molar-refractivity contribution in [3.05, 3.63) is 71.5 Å². The predicted molar refractivity (Wildman–Crippen MR) is 130 cm³/mol. The van der Waals surface area contributed by atoms with Crippen LogP contribution in [-0.2, 0) is 7.05 Å². The summed E-state index contributed by atoms with van der Waals surface area (Å²) in [7, 11) is 0.736. The van der Waals surface area contributed by atoms with Gasteiger partial charge in [-0.25, -0.2) is 4.39 Å². The van der Waals surface area contributed by atoms with Gasteiger partial charge in [-0.2, -0.15) is 4.57 Å². The highest BCUT2D eigenvalue weighted by atomic mass is 28.3. The Morgan fingerprint density at radius 1 is 0.871 bits per heavy atom. The first-order valence-corrected chi connectivity index (χ1v) is 14.2. The van der Waals surface area contributed by atoms with Crippen LogP contribution in [0.15, 0.2) is 59.0 Å². The minimum absolute atomic E-state index is 0.281. The lowest BCUT2D eigenvalue weighted by Gasteiger charge is -2.17. The number of aryl methyl sites for hydroxylation is 2. The zero-order valence-corrected chi connectivity index (χ0v) is 19.9. The number of hydrogen-bond acceptors (Lipinski definition) is 1. The van der Waals surface area contributed by atoms with Crippen LogP contribution in [0.25, 0.3) is 44.1 Å². The minimum atomic E-state index is -1.38. The smallest absolute Gasteiger partial charge is 0.216 e. The fourth-order valence-electron chi connectivity index (χ4n) is 4.54. The Morgan fingerprint density at radius 3 is 2.39 bits per heavy atom. The molecule has 0 fully saturated rings. The van der Waals surface area contributed by atoms with Crippen LogP contribution in [0.4, 0.5) is 4.39 Å². The topological polar surface area (TPSA) is 17.0 Å². The van der Waals surface area contributed by atoms with E-state index in [1.807, 2.05) is 6.07 Å². The number of hydrogen-bond donors (Lipinski definition) is 0. The van der Waals surface area contributed by atoms with Crippen molar-refractivity contribution in [2.75, 3.05) is 0 Å². The monoisotopic (exact) mass is 428 g/mol. The largest absolute Gasteiger partial charge is 0.455 e. The lowest BCUT2D eigenvalue weighted by molar-refractivity contribution is -0.633. The number of fused-ring (bicyclic) bond motifs is 4. The normalized spacial score (nSPS) is 12.4. The first kappa shape index (κ1) is 19.9. The standard InChI is InChI=1S/C27H27FNOSi/c1-16-13-22-21-10-8-19(28)15-25(21)30-27(22)26(17(16)2)24-11-7-18-14-20(31(4,5)6)9-12-23(18)29(24)3/h7-15H,1-6H3/q+1. The minimum Gasteiger partial charge on any atom is -0.455 e. The van der Waals surface area contributed by atoms with E-state index in [9.17, 15) is 4.39 Å². The summed E-state index contributed by atoms with van der Waals surface area (Å²) in [5, 5.41) is 4.69. The van der Waals surface area contributed by atoms with Gasteiger partial charge in [0.15, 0.2) is 0 Å². The highest BCUT2D eigenvalue weighted by molar-refractivity contribution is 6.88. The Kier molecular flexibility index (Phi) is 4.35. The van der Waals surface area contributed by atoms with Crippen molar-refractivity contribution in [2.24, 2.45) is 7.05 Å². The number of aromatic nitrogens is 1. The molecule has 0 bridgehead atoms. The molecule has 0 atom stereocenters. The Morgan fingerprint density at radius 2 is 1.65 bits per heavy atom. The quantitative estimate of drug-likeness (QED) is 0.231. The zero-order valence-electron chi connectivity index (χ0n) is 18.9. The van der Waals surface area contributed by atoms with E-state index in [-0.39, 0.29) is 5.82 Å². The predicted octanol–water partition coefficient (Wildman–Crippen LogP) is 6.53. The highest BCUT2D eigenvalue weighted by Crippen LogP contribution is 2.39. The Labute approximate surface area is 182 Å². The summed E-state index contributed by atoms with van der Waals surface area (Å²) in [6.45, 7) is 11.4. The van der Waals surface area contributed by atoms with Gasteiger partial charge in [0.1, 0.15) is 24.0 Å². The number of benzene rings is 3.